The van der Waals surface area contributed by atoms with Gasteiger partial charge in [-0.1, -0.05) is 12.1 Å². The molecule has 1 aromatic heterocycles. The zero-order valence-corrected chi connectivity index (χ0v) is 11.9. The Balaban J connectivity index is 1.83. The molecule has 1 fully saturated rings. The zero-order valence-electron chi connectivity index (χ0n) is 11.9. The molecule has 0 atom stereocenters. The quantitative estimate of drug-likeness (QED) is 0.880. The summed E-state index contributed by atoms with van der Waals surface area (Å²) >= 11 is 0. The predicted octanol–water partition coefficient (Wildman–Crippen LogP) is 1.34. The lowest BCUT2D eigenvalue weighted by atomic mass is 10.2. The van der Waals surface area contributed by atoms with Crippen LogP contribution in [0.2, 0.25) is 0 Å². The fourth-order valence-electron chi connectivity index (χ4n) is 2.19. The van der Waals surface area contributed by atoms with Crippen LogP contribution in [-0.4, -0.2) is 41.3 Å². The summed E-state index contributed by atoms with van der Waals surface area (Å²) < 4.78 is 5.33. The number of hydrogen-bond donors (Lipinski definition) is 2. The van der Waals surface area contributed by atoms with Crippen LogP contribution in [0.25, 0.3) is 0 Å². The summed E-state index contributed by atoms with van der Waals surface area (Å²) in [5.74, 6) is 1.25. The number of nitrogens with zero attached hydrogens (tertiary/aromatic N) is 4. The van der Waals surface area contributed by atoms with Crippen LogP contribution < -0.4 is 16.0 Å². The van der Waals surface area contributed by atoms with Crippen LogP contribution in [0.1, 0.15) is 5.56 Å². The molecule has 2 heterocycles. The lowest BCUT2D eigenvalue weighted by molar-refractivity contribution is 0.122. The molecule has 1 aliphatic rings. The number of benzene rings is 1. The molecule has 0 amide bonds. The van der Waals surface area contributed by atoms with E-state index in [1.165, 1.54) is 0 Å². The molecular formula is C14H18N6O. The van der Waals surface area contributed by atoms with Gasteiger partial charge in [-0.15, -0.1) is 0 Å². The number of nitrogens with two attached hydrogens (primary N) is 1. The van der Waals surface area contributed by atoms with Crippen molar-refractivity contribution in [1.82, 2.24) is 15.0 Å². The van der Waals surface area contributed by atoms with E-state index in [2.05, 4.69) is 20.3 Å². The van der Waals surface area contributed by atoms with Crippen molar-refractivity contribution in [3.8, 4) is 0 Å². The van der Waals surface area contributed by atoms with Gasteiger partial charge >= 0.3 is 0 Å². The summed E-state index contributed by atoms with van der Waals surface area (Å²) in [4.78, 5) is 14.8. The molecule has 110 valence electrons. The number of aryl methyl sites for hydroxylation is 1. The maximum absolute atomic E-state index is 5.79. The van der Waals surface area contributed by atoms with E-state index >= 15 is 0 Å². The fourth-order valence-corrected chi connectivity index (χ4v) is 2.19. The van der Waals surface area contributed by atoms with Crippen LogP contribution >= 0.6 is 0 Å². The Labute approximate surface area is 123 Å². The van der Waals surface area contributed by atoms with E-state index in [-0.39, 0.29) is 5.95 Å². The van der Waals surface area contributed by atoms with E-state index in [0.717, 1.165) is 24.3 Å². The molecule has 3 rings (SSSR count). The van der Waals surface area contributed by atoms with Crippen molar-refractivity contribution in [2.24, 2.45) is 0 Å². The molecule has 1 aliphatic heterocycles. The fraction of sp³-hybridized carbons (Fsp3) is 0.357. The largest absolute Gasteiger partial charge is 0.378 e. The van der Waals surface area contributed by atoms with Gasteiger partial charge in [0.15, 0.2) is 0 Å². The molecule has 3 N–H and O–H groups in total. The number of anilines is 4. The first kappa shape index (κ1) is 13.6. The highest BCUT2D eigenvalue weighted by Crippen LogP contribution is 2.18. The highest BCUT2D eigenvalue weighted by Gasteiger charge is 2.15. The first-order valence-electron chi connectivity index (χ1n) is 6.89. The second kappa shape index (κ2) is 5.92. The maximum Gasteiger partial charge on any atom is 0.233 e. The van der Waals surface area contributed by atoms with Crippen LogP contribution in [0.4, 0.5) is 23.5 Å². The lowest BCUT2D eigenvalue weighted by Gasteiger charge is -2.26. The van der Waals surface area contributed by atoms with Crippen molar-refractivity contribution in [2.45, 2.75) is 6.92 Å². The Hall–Kier alpha value is -2.41. The molecule has 0 spiro atoms. The molecule has 0 radical (unpaired) electrons. The normalized spacial score (nSPS) is 15.0. The van der Waals surface area contributed by atoms with Gasteiger partial charge in [0, 0.05) is 18.8 Å². The van der Waals surface area contributed by atoms with E-state index in [9.17, 15) is 0 Å². The van der Waals surface area contributed by atoms with Crippen molar-refractivity contribution in [3.63, 3.8) is 0 Å². The third-order valence-corrected chi connectivity index (χ3v) is 3.21. The second-order valence-electron chi connectivity index (χ2n) is 4.91. The first-order chi connectivity index (χ1) is 10.2. The van der Waals surface area contributed by atoms with Gasteiger partial charge < -0.3 is 20.7 Å². The molecule has 7 heteroatoms. The van der Waals surface area contributed by atoms with Crippen molar-refractivity contribution < 1.29 is 4.74 Å². The van der Waals surface area contributed by atoms with Gasteiger partial charge in [0.25, 0.3) is 0 Å². The van der Waals surface area contributed by atoms with Gasteiger partial charge in [-0.05, 0) is 24.6 Å². The van der Waals surface area contributed by atoms with Gasteiger partial charge in [-0.2, -0.15) is 15.0 Å². The summed E-state index contributed by atoms with van der Waals surface area (Å²) in [5, 5.41) is 3.16. The van der Waals surface area contributed by atoms with Crippen molar-refractivity contribution in [1.29, 1.82) is 0 Å². The second-order valence-corrected chi connectivity index (χ2v) is 4.91. The number of nitrogen functional groups attached to an aromatic ring is 1. The van der Waals surface area contributed by atoms with Gasteiger partial charge in [-0.3, -0.25) is 0 Å². The summed E-state index contributed by atoms with van der Waals surface area (Å²) in [7, 11) is 0. The summed E-state index contributed by atoms with van der Waals surface area (Å²) in [6, 6.07) is 7.99. The predicted molar refractivity (Wildman–Crippen MR) is 81.7 cm³/mol. The summed E-state index contributed by atoms with van der Waals surface area (Å²) in [6.45, 7) is 4.89. The average molecular weight is 286 g/mol. The van der Waals surface area contributed by atoms with E-state index in [0.29, 0.717) is 25.1 Å². The molecule has 0 saturated carbocycles. The molecule has 0 bridgehead atoms. The maximum atomic E-state index is 5.79. The van der Waals surface area contributed by atoms with Gasteiger partial charge in [0.05, 0.1) is 13.2 Å². The third kappa shape index (κ3) is 3.38. The number of aromatic nitrogens is 3. The monoisotopic (exact) mass is 286 g/mol. The Morgan fingerprint density at radius 3 is 2.76 bits per heavy atom. The summed E-state index contributed by atoms with van der Waals surface area (Å²) in [5.41, 5.74) is 7.88. The number of hydrogen-bond acceptors (Lipinski definition) is 7. The van der Waals surface area contributed by atoms with E-state index in [1.54, 1.807) is 0 Å². The van der Waals surface area contributed by atoms with E-state index < -0.39 is 0 Å². The minimum Gasteiger partial charge on any atom is -0.378 e. The van der Waals surface area contributed by atoms with E-state index in [1.807, 2.05) is 36.1 Å². The van der Waals surface area contributed by atoms with Crippen LogP contribution in [0.15, 0.2) is 24.3 Å². The number of rotatable bonds is 3. The first-order valence-corrected chi connectivity index (χ1v) is 6.89. The third-order valence-electron chi connectivity index (χ3n) is 3.21. The Morgan fingerprint density at radius 1 is 1.19 bits per heavy atom. The number of morpholine rings is 1. The number of ether oxygens (including phenoxy) is 1. The molecular weight excluding hydrogens is 268 g/mol. The standard InChI is InChI=1S/C14H18N6O/c1-10-3-2-4-11(9-10)16-13-17-12(15)18-14(19-13)20-5-7-21-8-6-20/h2-4,9H,5-8H2,1H3,(H3,15,16,17,18,19). The Kier molecular flexibility index (Phi) is 3.83. The lowest BCUT2D eigenvalue weighted by Crippen LogP contribution is -2.37. The minimum atomic E-state index is 0.210. The van der Waals surface area contributed by atoms with Crippen molar-refractivity contribution in [2.75, 3.05) is 42.3 Å². The molecule has 1 aromatic carbocycles. The molecule has 7 nitrogen and oxygen atoms in total. The molecule has 1 saturated heterocycles. The zero-order chi connectivity index (χ0) is 14.7. The van der Waals surface area contributed by atoms with Gasteiger partial charge in [0.2, 0.25) is 17.8 Å². The molecule has 2 aromatic rings. The van der Waals surface area contributed by atoms with Crippen molar-refractivity contribution in [3.05, 3.63) is 29.8 Å². The van der Waals surface area contributed by atoms with Gasteiger partial charge in [0.1, 0.15) is 0 Å². The topological polar surface area (TPSA) is 89.2 Å². The molecule has 0 unspecified atom stereocenters. The highest BCUT2D eigenvalue weighted by atomic mass is 16.5. The van der Waals surface area contributed by atoms with Gasteiger partial charge in [-0.25, -0.2) is 0 Å². The summed E-state index contributed by atoms with van der Waals surface area (Å²) in [6.07, 6.45) is 0. The van der Waals surface area contributed by atoms with Crippen LogP contribution in [0, 0.1) is 6.92 Å². The highest BCUT2D eigenvalue weighted by molar-refractivity contribution is 5.56. The SMILES string of the molecule is Cc1cccc(Nc2nc(N)nc(N3CCOCC3)n2)c1. The Bertz CT molecular complexity index is 627. The van der Waals surface area contributed by atoms with Crippen molar-refractivity contribution >= 4 is 23.5 Å². The minimum absolute atomic E-state index is 0.210. The average Bonchev–Trinajstić information content (AvgIpc) is 2.47. The van der Waals surface area contributed by atoms with Crippen LogP contribution in [-0.2, 0) is 4.74 Å². The Morgan fingerprint density at radius 2 is 2.00 bits per heavy atom. The molecule has 21 heavy (non-hydrogen) atoms. The smallest absolute Gasteiger partial charge is 0.233 e. The molecule has 0 aliphatic carbocycles. The van der Waals surface area contributed by atoms with Crippen LogP contribution in [0.5, 0.6) is 0 Å². The number of nitrogens with one attached hydrogen (secondary N) is 1. The van der Waals surface area contributed by atoms with Crippen LogP contribution in [0.3, 0.4) is 0 Å². The van der Waals surface area contributed by atoms with E-state index in [4.69, 9.17) is 10.5 Å².